The van der Waals surface area contributed by atoms with Crippen LogP contribution in [0.5, 0.6) is 0 Å². The third kappa shape index (κ3) is 5.96. The Morgan fingerprint density at radius 1 is 1.26 bits per heavy atom. The van der Waals surface area contributed by atoms with Crippen molar-refractivity contribution in [1.82, 2.24) is 20.1 Å². The van der Waals surface area contributed by atoms with Gasteiger partial charge in [-0.3, -0.25) is 14.7 Å². The average Bonchev–Trinajstić information content (AvgIpc) is 3.36. The van der Waals surface area contributed by atoms with Crippen molar-refractivity contribution in [3.05, 3.63) is 5.82 Å². The highest BCUT2D eigenvalue weighted by molar-refractivity contribution is 7.99. The van der Waals surface area contributed by atoms with Crippen molar-refractivity contribution in [3.63, 3.8) is 0 Å². The molecule has 1 amide bonds. The largest absolute Gasteiger partial charge is 0.466 e. The van der Waals surface area contributed by atoms with E-state index in [2.05, 4.69) is 15.2 Å². The van der Waals surface area contributed by atoms with Crippen LogP contribution in [0.15, 0.2) is 5.16 Å². The fourth-order valence-corrected chi connectivity index (χ4v) is 4.69. The first kappa shape index (κ1) is 20.2. The van der Waals surface area contributed by atoms with E-state index in [4.69, 9.17) is 4.74 Å². The molecule has 150 valence electrons. The Bertz CT molecular complexity index is 630. The van der Waals surface area contributed by atoms with Gasteiger partial charge >= 0.3 is 5.97 Å². The van der Waals surface area contributed by atoms with E-state index in [1.165, 1.54) is 43.9 Å². The smallest absolute Gasteiger partial charge is 0.310 e. The normalized spacial score (nSPS) is 20.8. The van der Waals surface area contributed by atoms with Gasteiger partial charge in [0.25, 0.3) is 0 Å². The van der Waals surface area contributed by atoms with Crippen molar-refractivity contribution in [2.24, 2.45) is 11.8 Å². The molecule has 27 heavy (non-hydrogen) atoms. The lowest BCUT2D eigenvalue weighted by Crippen LogP contribution is -2.43. The molecule has 1 aliphatic heterocycles. The minimum absolute atomic E-state index is 0.0336. The van der Waals surface area contributed by atoms with Crippen LogP contribution in [0.2, 0.25) is 0 Å². The standard InChI is InChI=1S/C19H30N4O3S/c1-2-26-18(25)15-8-5-11-23(12-15)17(24)13-27-19-20-16(21-22-19)10-9-14-6-3-4-7-14/h14-15H,2-13H2,1H3,(H,20,21,22). The Hall–Kier alpha value is -1.57. The number of H-pyrrole nitrogens is 1. The van der Waals surface area contributed by atoms with Gasteiger partial charge in [0.05, 0.1) is 18.3 Å². The summed E-state index contributed by atoms with van der Waals surface area (Å²) in [7, 11) is 0. The van der Waals surface area contributed by atoms with Crippen LogP contribution < -0.4 is 0 Å². The molecule has 2 heterocycles. The van der Waals surface area contributed by atoms with E-state index in [-0.39, 0.29) is 17.8 Å². The van der Waals surface area contributed by atoms with Gasteiger partial charge in [-0.2, -0.15) is 0 Å². The van der Waals surface area contributed by atoms with E-state index in [1.807, 2.05) is 0 Å². The molecule has 1 saturated carbocycles. The molecule has 1 aliphatic carbocycles. The maximum absolute atomic E-state index is 12.5. The maximum atomic E-state index is 12.5. The van der Waals surface area contributed by atoms with Gasteiger partial charge in [-0.1, -0.05) is 37.4 Å². The fraction of sp³-hybridized carbons (Fsp3) is 0.789. The molecular formula is C19H30N4O3S. The summed E-state index contributed by atoms with van der Waals surface area (Å²) < 4.78 is 5.09. The summed E-state index contributed by atoms with van der Waals surface area (Å²) in [6.07, 6.45) is 9.13. The van der Waals surface area contributed by atoms with Gasteiger partial charge in [0.2, 0.25) is 11.1 Å². The van der Waals surface area contributed by atoms with Crippen LogP contribution in [0, 0.1) is 11.8 Å². The summed E-state index contributed by atoms with van der Waals surface area (Å²) in [6, 6.07) is 0. The number of esters is 1. The highest BCUT2D eigenvalue weighted by Gasteiger charge is 2.29. The number of aromatic nitrogens is 3. The van der Waals surface area contributed by atoms with Crippen LogP contribution >= 0.6 is 11.8 Å². The average molecular weight is 395 g/mol. The van der Waals surface area contributed by atoms with Gasteiger partial charge in [0.1, 0.15) is 5.82 Å². The molecule has 1 aromatic rings. The van der Waals surface area contributed by atoms with E-state index in [0.717, 1.165) is 31.0 Å². The number of aryl methyl sites for hydroxylation is 1. The molecule has 2 fully saturated rings. The molecule has 1 atom stereocenters. The zero-order chi connectivity index (χ0) is 19.1. The second kappa shape index (κ2) is 10.1. The first-order valence-corrected chi connectivity index (χ1v) is 11.1. The van der Waals surface area contributed by atoms with E-state index in [0.29, 0.717) is 30.6 Å². The quantitative estimate of drug-likeness (QED) is 0.539. The van der Waals surface area contributed by atoms with Crippen LogP contribution in [0.25, 0.3) is 0 Å². The predicted molar refractivity (Wildman–Crippen MR) is 103 cm³/mol. The first-order chi connectivity index (χ1) is 13.2. The Morgan fingerprint density at radius 2 is 2.07 bits per heavy atom. The number of likely N-dealkylation sites (tertiary alicyclic amines) is 1. The first-order valence-electron chi connectivity index (χ1n) is 10.1. The minimum Gasteiger partial charge on any atom is -0.466 e. The molecular weight excluding hydrogens is 364 g/mol. The number of rotatable bonds is 8. The second-order valence-electron chi connectivity index (χ2n) is 7.47. The summed E-state index contributed by atoms with van der Waals surface area (Å²) in [5.41, 5.74) is 0. The van der Waals surface area contributed by atoms with Gasteiger partial charge in [-0.25, -0.2) is 4.98 Å². The number of piperidine rings is 1. The second-order valence-corrected chi connectivity index (χ2v) is 8.42. The van der Waals surface area contributed by atoms with Crippen molar-refractivity contribution >= 4 is 23.6 Å². The van der Waals surface area contributed by atoms with Crippen molar-refractivity contribution in [2.75, 3.05) is 25.4 Å². The minimum atomic E-state index is -0.196. The summed E-state index contributed by atoms with van der Waals surface area (Å²) in [5.74, 6) is 1.69. The van der Waals surface area contributed by atoms with Crippen LogP contribution in [0.4, 0.5) is 0 Å². The van der Waals surface area contributed by atoms with Crippen LogP contribution in [-0.4, -0.2) is 57.4 Å². The number of hydrogen-bond donors (Lipinski definition) is 1. The number of nitrogens with zero attached hydrogens (tertiary/aromatic N) is 3. The highest BCUT2D eigenvalue weighted by Crippen LogP contribution is 2.28. The monoisotopic (exact) mass is 394 g/mol. The van der Waals surface area contributed by atoms with Gasteiger partial charge in [0.15, 0.2) is 0 Å². The molecule has 1 N–H and O–H groups in total. The number of carbonyl (C=O) groups is 2. The molecule has 0 spiro atoms. The lowest BCUT2D eigenvalue weighted by atomic mass is 9.98. The highest BCUT2D eigenvalue weighted by atomic mass is 32.2. The Kier molecular flexibility index (Phi) is 7.55. The molecule has 0 radical (unpaired) electrons. The van der Waals surface area contributed by atoms with E-state index in [9.17, 15) is 9.59 Å². The summed E-state index contributed by atoms with van der Waals surface area (Å²) in [6.45, 7) is 3.35. The van der Waals surface area contributed by atoms with Crippen molar-refractivity contribution < 1.29 is 14.3 Å². The molecule has 8 heteroatoms. The molecule has 1 unspecified atom stereocenters. The Balaban J connectivity index is 1.41. The third-order valence-corrected chi connectivity index (χ3v) is 6.33. The van der Waals surface area contributed by atoms with Crippen molar-refractivity contribution in [3.8, 4) is 0 Å². The molecule has 2 aliphatic rings. The van der Waals surface area contributed by atoms with Crippen molar-refractivity contribution in [1.29, 1.82) is 0 Å². The van der Waals surface area contributed by atoms with Gasteiger partial charge < -0.3 is 9.64 Å². The third-order valence-electron chi connectivity index (χ3n) is 5.49. The van der Waals surface area contributed by atoms with Crippen LogP contribution in [0.3, 0.4) is 0 Å². The number of hydrogen-bond acceptors (Lipinski definition) is 6. The summed E-state index contributed by atoms with van der Waals surface area (Å²) in [4.78, 5) is 30.7. The molecule has 1 aromatic heterocycles. The zero-order valence-corrected chi connectivity index (χ0v) is 16.9. The van der Waals surface area contributed by atoms with E-state index in [1.54, 1.807) is 11.8 Å². The number of carbonyl (C=O) groups excluding carboxylic acids is 2. The van der Waals surface area contributed by atoms with E-state index >= 15 is 0 Å². The summed E-state index contributed by atoms with van der Waals surface area (Å²) >= 11 is 1.36. The Morgan fingerprint density at radius 3 is 2.85 bits per heavy atom. The lowest BCUT2D eigenvalue weighted by Gasteiger charge is -2.31. The van der Waals surface area contributed by atoms with Gasteiger partial charge in [0, 0.05) is 19.5 Å². The predicted octanol–water partition coefficient (Wildman–Crippen LogP) is 2.82. The number of ether oxygens (including phenoxy) is 1. The molecule has 7 nitrogen and oxygen atoms in total. The topological polar surface area (TPSA) is 88.2 Å². The zero-order valence-electron chi connectivity index (χ0n) is 16.1. The molecule has 3 rings (SSSR count). The van der Waals surface area contributed by atoms with Crippen molar-refractivity contribution in [2.45, 2.75) is 63.4 Å². The molecule has 1 saturated heterocycles. The maximum Gasteiger partial charge on any atom is 0.310 e. The molecule has 0 bridgehead atoms. The molecule has 0 aromatic carbocycles. The summed E-state index contributed by atoms with van der Waals surface area (Å²) in [5, 5.41) is 7.86. The number of aromatic amines is 1. The SMILES string of the molecule is CCOC(=O)C1CCCN(C(=O)CSc2n[nH]c(CCC3CCCC3)n2)C1. The van der Waals surface area contributed by atoms with Crippen LogP contribution in [0.1, 0.15) is 57.7 Å². The number of thioether (sulfide) groups is 1. The van der Waals surface area contributed by atoms with Gasteiger partial charge in [-0.05, 0) is 32.1 Å². The van der Waals surface area contributed by atoms with Gasteiger partial charge in [-0.15, -0.1) is 5.10 Å². The van der Waals surface area contributed by atoms with E-state index < -0.39 is 0 Å². The number of nitrogens with one attached hydrogen (secondary N) is 1. The number of amides is 1. The Labute approximate surface area is 165 Å². The fourth-order valence-electron chi connectivity index (χ4n) is 3.97. The van der Waals surface area contributed by atoms with Crippen LogP contribution in [-0.2, 0) is 20.7 Å². The lowest BCUT2D eigenvalue weighted by molar-refractivity contribution is -0.151.